The van der Waals surface area contributed by atoms with Crippen molar-refractivity contribution in [3.05, 3.63) is 40.7 Å². The summed E-state index contributed by atoms with van der Waals surface area (Å²) in [6.45, 7) is -0.519. The molecule has 0 unspecified atom stereocenters. The molecule has 6 rings (SSSR count). The molecule has 2 atom stereocenters. The van der Waals surface area contributed by atoms with Crippen LogP contribution in [0.15, 0.2) is 24.3 Å². The molecule has 4 aromatic rings. The summed E-state index contributed by atoms with van der Waals surface area (Å²) in [5, 5.41) is 14.0. The van der Waals surface area contributed by atoms with E-state index >= 15 is 4.39 Å². The van der Waals surface area contributed by atoms with Crippen molar-refractivity contribution in [3.8, 4) is 23.2 Å². The molecule has 0 aliphatic carbocycles. The first-order chi connectivity index (χ1) is 18.1. The summed E-state index contributed by atoms with van der Waals surface area (Å²) < 4.78 is 61.3. The minimum atomic E-state index is -4.62. The van der Waals surface area contributed by atoms with Gasteiger partial charge in [-0.15, -0.1) is 0 Å². The van der Waals surface area contributed by atoms with E-state index in [1.807, 2.05) is 11.0 Å². The van der Waals surface area contributed by atoms with Gasteiger partial charge in [-0.25, -0.2) is 0 Å². The molecule has 2 aliphatic heterocycles. The number of nitrogens with zero attached hydrogens (tertiary/aromatic N) is 4. The summed E-state index contributed by atoms with van der Waals surface area (Å²) in [6.07, 6.45) is -2.71. The number of rotatable bonds is 4. The molecule has 13 heteroatoms. The van der Waals surface area contributed by atoms with Crippen molar-refractivity contribution in [2.75, 3.05) is 30.3 Å². The zero-order chi connectivity index (χ0) is 26.8. The van der Waals surface area contributed by atoms with Crippen LogP contribution in [0.4, 0.5) is 27.9 Å². The van der Waals surface area contributed by atoms with Gasteiger partial charge < -0.3 is 0 Å². The number of aromatic nitrogens is 2. The van der Waals surface area contributed by atoms with E-state index < -0.39 is 24.6 Å². The summed E-state index contributed by atoms with van der Waals surface area (Å²) in [5.41, 5.74) is 6.49. The molecule has 0 spiro atoms. The first kappa shape index (κ1) is 25.2. The summed E-state index contributed by atoms with van der Waals surface area (Å²) in [5.74, 6) is -0.573. The van der Waals surface area contributed by atoms with Crippen LogP contribution in [0.5, 0.6) is 6.01 Å². The second kappa shape index (κ2) is 9.27. The first-order valence-electron chi connectivity index (χ1n) is 11.7. The van der Waals surface area contributed by atoms with Crippen LogP contribution in [0.25, 0.3) is 31.7 Å². The molecule has 2 bridgehead atoms. The van der Waals surface area contributed by atoms with Crippen LogP contribution >= 0.6 is 11.6 Å². The number of nitrogens with one attached hydrogen (secondary N) is 1. The van der Waals surface area contributed by atoms with E-state index in [9.17, 15) is 18.4 Å². The predicted molar refractivity (Wildman–Crippen MR) is 137 cm³/mol. The number of halogens is 5. The Morgan fingerprint density at radius 2 is 1.97 bits per heavy atom. The number of anilines is 2. The van der Waals surface area contributed by atoms with Crippen LogP contribution in [-0.2, 0) is 0 Å². The van der Waals surface area contributed by atoms with Gasteiger partial charge in [-0.05, 0) is 0 Å². The van der Waals surface area contributed by atoms with Crippen LogP contribution in [-0.4, -0.2) is 62.4 Å². The van der Waals surface area contributed by atoms with E-state index in [1.165, 1.54) is 6.07 Å². The van der Waals surface area contributed by atoms with Crippen molar-refractivity contribution < 1.29 is 22.3 Å². The van der Waals surface area contributed by atoms with Crippen molar-refractivity contribution >= 4 is 57.0 Å². The fraction of sp³-hybridized carbons (Fsp3) is 0.320. The SMILES string of the molecule is N#Cc1c(N)[se]c2cccc(-c3c(Cl)cc4c(N5C[C@H]6CC[C@@H](C5)N6)nc(OCC(F)(F)F)nc4c3F)c12. The Balaban J connectivity index is 1.58. The number of piperazine rings is 1. The Morgan fingerprint density at radius 1 is 1.24 bits per heavy atom. The van der Waals surface area contributed by atoms with E-state index in [2.05, 4.69) is 21.4 Å². The number of nitriles is 1. The van der Waals surface area contributed by atoms with E-state index in [4.69, 9.17) is 22.1 Å². The summed E-state index contributed by atoms with van der Waals surface area (Å²) in [4.78, 5) is 10.2. The molecule has 2 aromatic carbocycles. The maximum atomic E-state index is 16.4. The summed E-state index contributed by atoms with van der Waals surface area (Å²) in [6, 6.07) is 8.62. The zero-order valence-electron chi connectivity index (χ0n) is 19.6. The van der Waals surface area contributed by atoms with Gasteiger partial charge in [-0.1, -0.05) is 0 Å². The monoisotopic (exact) mass is 610 g/mol. The fourth-order valence-electron chi connectivity index (χ4n) is 5.31. The second-order valence-electron chi connectivity index (χ2n) is 9.35. The van der Waals surface area contributed by atoms with E-state index in [1.54, 1.807) is 12.1 Å². The third kappa shape index (κ3) is 4.33. The van der Waals surface area contributed by atoms with Crippen LogP contribution in [0, 0.1) is 17.1 Å². The second-order valence-corrected chi connectivity index (χ2v) is 12.0. The summed E-state index contributed by atoms with van der Waals surface area (Å²) in [7, 11) is 0. The Kier molecular flexibility index (Phi) is 6.15. The van der Waals surface area contributed by atoms with Crippen molar-refractivity contribution in [1.29, 1.82) is 5.26 Å². The molecule has 7 nitrogen and oxygen atoms in total. The average molecular weight is 610 g/mol. The topological polar surface area (TPSA) is 100 Å². The van der Waals surface area contributed by atoms with Gasteiger partial charge >= 0.3 is 225 Å². The molecule has 2 fully saturated rings. The number of hydrogen-bond acceptors (Lipinski definition) is 7. The molecule has 0 radical (unpaired) electrons. The van der Waals surface area contributed by atoms with Crippen molar-refractivity contribution in [3.63, 3.8) is 0 Å². The Hall–Kier alpha value is -3.10. The zero-order valence-corrected chi connectivity index (χ0v) is 22.0. The first-order valence-corrected chi connectivity index (χ1v) is 13.8. The normalized spacial score (nSPS) is 19.3. The van der Waals surface area contributed by atoms with Crippen molar-refractivity contribution in [2.24, 2.45) is 0 Å². The fourth-order valence-corrected chi connectivity index (χ4v) is 7.60. The standard InChI is InChI=1S/C25H19ClF4N6OSe/c26-16-6-14-21(20(27)19(16)13-2-1-3-17-18(13)15(7-31)22(32)38-17)34-24(37-10-25(28,29)30)35-23(14)36-8-11-4-5-12(9-36)33-11/h1-3,6,11-12,33H,4-5,8-10,32H2/t11-,12+. The van der Waals surface area contributed by atoms with E-state index in [0.29, 0.717) is 28.6 Å². The van der Waals surface area contributed by atoms with Gasteiger partial charge in [-0.2, -0.15) is 0 Å². The molecule has 3 N–H and O–H groups in total. The van der Waals surface area contributed by atoms with Gasteiger partial charge in [0.2, 0.25) is 0 Å². The third-order valence-corrected chi connectivity index (χ3v) is 9.21. The van der Waals surface area contributed by atoms with Gasteiger partial charge in [0, 0.05) is 0 Å². The molecule has 2 aromatic heterocycles. The van der Waals surface area contributed by atoms with Gasteiger partial charge in [-0.3, -0.25) is 0 Å². The Bertz CT molecular complexity index is 1620. The number of hydrogen-bond donors (Lipinski definition) is 2. The molecular weight excluding hydrogens is 591 g/mol. The van der Waals surface area contributed by atoms with Gasteiger partial charge in [0.05, 0.1) is 0 Å². The van der Waals surface area contributed by atoms with Crippen molar-refractivity contribution in [1.82, 2.24) is 15.3 Å². The molecule has 0 saturated carbocycles. The molecule has 2 aliphatic rings. The third-order valence-electron chi connectivity index (χ3n) is 6.85. The quantitative estimate of drug-likeness (QED) is 0.257. The molecule has 38 heavy (non-hydrogen) atoms. The van der Waals surface area contributed by atoms with Gasteiger partial charge in [0.15, 0.2) is 0 Å². The summed E-state index contributed by atoms with van der Waals surface area (Å²) >= 11 is 6.38. The predicted octanol–water partition coefficient (Wildman–Crippen LogP) is 4.64. The molecule has 0 amide bonds. The number of nitrogen functional groups attached to an aromatic ring is 1. The molecular formula is C25H19ClF4N6OSe. The Morgan fingerprint density at radius 3 is 2.66 bits per heavy atom. The number of fused-ring (bicyclic) bond motifs is 4. The van der Waals surface area contributed by atoms with Crippen LogP contribution < -0.4 is 20.7 Å². The molecule has 196 valence electrons. The number of ether oxygens (including phenoxy) is 1. The number of benzene rings is 2. The average Bonchev–Trinajstić information content (AvgIpc) is 3.39. The van der Waals surface area contributed by atoms with Gasteiger partial charge in [0.1, 0.15) is 0 Å². The maximum absolute atomic E-state index is 16.4. The van der Waals surface area contributed by atoms with E-state index in [-0.39, 0.29) is 59.5 Å². The number of alkyl halides is 3. The van der Waals surface area contributed by atoms with Crippen LogP contribution in [0.3, 0.4) is 0 Å². The van der Waals surface area contributed by atoms with Crippen molar-refractivity contribution in [2.45, 2.75) is 31.1 Å². The Labute approximate surface area is 224 Å². The van der Waals surface area contributed by atoms with E-state index in [0.717, 1.165) is 17.1 Å². The minimum absolute atomic E-state index is 0.0129. The van der Waals surface area contributed by atoms with Gasteiger partial charge in [0.25, 0.3) is 0 Å². The number of nitrogens with two attached hydrogens (primary N) is 1. The molecule has 2 saturated heterocycles. The molecule has 4 heterocycles. The van der Waals surface area contributed by atoms with Crippen LogP contribution in [0.1, 0.15) is 18.4 Å². The van der Waals surface area contributed by atoms with Crippen LogP contribution in [0.2, 0.25) is 5.02 Å².